The maximum atomic E-state index is 12.9. The van der Waals surface area contributed by atoms with Crippen LogP contribution in [-0.4, -0.2) is 36.4 Å². The predicted molar refractivity (Wildman–Crippen MR) is 200 cm³/mol. The smallest absolute Gasteiger partial charge is 0.344 e. The van der Waals surface area contributed by atoms with Gasteiger partial charge in [-0.2, -0.15) is 0 Å². The van der Waals surface area contributed by atoms with Crippen molar-refractivity contribution in [1.29, 1.82) is 0 Å². The topological polar surface area (TPSA) is 71.1 Å². The molecule has 50 heavy (non-hydrogen) atoms. The second kappa shape index (κ2) is 14.1. The van der Waals surface area contributed by atoms with Crippen LogP contribution in [0.25, 0.3) is 54.9 Å². The summed E-state index contributed by atoms with van der Waals surface area (Å²) < 4.78 is 23.1. The molecular formula is C44H42O6. The van der Waals surface area contributed by atoms with E-state index < -0.39 is 23.1 Å². The molecule has 6 aromatic carbocycles. The largest absolute Gasteiger partial charge is 0.482 e. The van der Waals surface area contributed by atoms with Gasteiger partial charge >= 0.3 is 11.9 Å². The van der Waals surface area contributed by atoms with E-state index in [1.54, 1.807) is 12.1 Å². The zero-order valence-corrected chi connectivity index (χ0v) is 29.4. The van der Waals surface area contributed by atoms with Crippen molar-refractivity contribution < 1.29 is 28.5 Å². The number of carbonyl (C=O) groups is 2. The number of hydrogen-bond acceptors (Lipinski definition) is 6. The lowest BCUT2D eigenvalue weighted by atomic mass is 9.83. The Morgan fingerprint density at radius 2 is 1.00 bits per heavy atom. The molecule has 0 radical (unpaired) electrons. The highest BCUT2D eigenvalue weighted by molar-refractivity contribution is 6.24. The summed E-state index contributed by atoms with van der Waals surface area (Å²) in [5.74, 6) is -0.167. The summed E-state index contributed by atoms with van der Waals surface area (Å²) in [5, 5.41) is 4.39. The van der Waals surface area contributed by atoms with Crippen molar-refractivity contribution in [2.45, 2.75) is 52.7 Å². The lowest BCUT2D eigenvalue weighted by Gasteiger charge is -2.22. The average Bonchev–Trinajstić information content (AvgIpc) is 3.08. The number of carbonyl (C=O) groups excluding carboxylic acids is 2. The van der Waals surface area contributed by atoms with Crippen molar-refractivity contribution in [1.82, 2.24) is 0 Å². The number of rotatable bonds is 9. The highest BCUT2D eigenvalue weighted by Gasteiger charge is 2.23. The van der Waals surface area contributed by atoms with E-state index in [0.717, 1.165) is 54.9 Å². The van der Waals surface area contributed by atoms with Gasteiger partial charge in [0.15, 0.2) is 13.2 Å². The van der Waals surface area contributed by atoms with E-state index in [1.165, 1.54) is 0 Å². The Balaban J connectivity index is 1.58. The van der Waals surface area contributed by atoms with E-state index in [9.17, 15) is 9.59 Å². The van der Waals surface area contributed by atoms with Gasteiger partial charge in [0.1, 0.15) is 22.7 Å². The predicted octanol–water partition coefficient (Wildman–Crippen LogP) is 10.4. The minimum atomic E-state index is -0.670. The maximum Gasteiger partial charge on any atom is 0.344 e. The third-order valence-electron chi connectivity index (χ3n) is 7.96. The van der Waals surface area contributed by atoms with Gasteiger partial charge in [-0.05, 0) is 103 Å². The van der Waals surface area contributed by atoms with Gasteiger partial charge in [0.2, 0.25) is 0 Å². The Hall–Kier alpha value is -5.62. The Morgan fingerprint density at radius 1 is 0.500 bits per heavy atom. The molecule has 0 atom stereocenters. The zero-order valence-electron chi connectivity index (χ0n) is 29.4. The van der Waals surface area contributed by atoms with Gasteiger partial charge in [-0.3, -0.25) is 0 Å². The van der Waals surface area contributed by atoms with Gasteiger partial charge < -0.3 is 18.9 Å². The van der Waals surface area contributed by atoms with Gasteiger partial charge in [-0.15, -0.1) is 0 Å². The summed E-state index contributed by atoms with van der Waals surface area (Å²) in [6.45, 7) is 10.3. The van der Waals surface area contributed by atoms with E-state index >= 15 is 0 Å². The fraction of sp³-hybridized carbons (Fsp3) is 0.227. The van der Waals surface area contributed by atoms with Crippen LogP contribution in [0.1, 0.15) is 41.5 Å². The third-order valence-corrected chi connectivity index (χ3v) is 7.96. The van der Waals surface area contributed by atoms with Crippen LogP contribution in [0, 0.1) is 0 Å². The summed E-state index contributed by atoms with van der Waals surface area (Å²) in [4.78, 5) is 25.4. The molecule has 0 N–H and O–H groups in total. The van der Waals surface area contributed by atoms with E-state index in [4.69, 9.17) is 18.9 Å². The van der Waals surface area contributed by atoms with E-state index in [0.29, 0.717) is 11.5 Å². The van der Waals surface area contributed by atoms with Crippen LogP contribution in [0.15, 0.2) is 121 Å². The fourth-order valence-electron chi connectivity index (χ4n) is 6.23. The fourth-order valence-corrected chi connectivity index (χ4v) is 6.23. The molecule has 0 fully saturated rings. The summed E-state index contributed by atoms with van der Waals surface area (Å²) in [6.07, 6.45) is 0. The quantitative estimate of drug-likeness (QED) is 0.113. The van der Waals surface area contributed by atoms with Crippen LogP contribution in [0.5, 0.6) is 11.5 Å². The highest BCUT2D eigenvalue weighted by Crippen LogP contribution is 2.48. The number of hydrogen-bond donors (Lipinski definition) is 0. The van der Waals surface area contributed by atoms with Crippen molar-refractivity contribution in [3.05, 3.63) is 121 Å². The molecule has 6 heteroatoms. The van der Waals surface area contributed by atoms with Crippen molar-refractivity contribution in [3.8, 4) is 44.9 Å². The number of esters is 2. The first kappa shape index (κ1) is 34.3. The molecule has 6 nitrogen and oxygen atoms in total. The molecule has 0 heterocycles. The van der Waals surface area contributed by atoms with Crippen LogP contribution in [0.2, 0.25) is 0 Å². The summed E-state index contributed by atoms with van der Waals surface area (Å²) in [6, 6.07) is 41.1. The van der Waals surface area contributed by atoms with Crippen LogP contribution < -0.4 is 9.47 Å². The second-order valence-corrected chi connectivity index (χ2v) is 14.2. The molecule has 0 spiro atoms. The van der Waals surface area contributed by atoms with Crippen molar-refractivity contribution in [3.63, 3.8) is 0 Å². The van der Waals surface area contributed by atoms with E-state index in [1.807, 2.05) is 59.7 Å². The molecule has 254 valence electrons. The Kier molecular flexibility index (Phi) is 9.65. The molecule has 0 unspecified atom stereocenters. The summed E-state index contributed by atoms with van der Waals surface area (Å²) >= 11 is 0. The SMILES string of the molecule is CC(C)(C)OC(=O)COc1ccc(-c2cccc3c(-c4ccccc4)c4ccccc4c(-c4ccccc4)c23)c(OCC(=O)OC(C)(C)C)c1. The first-order valence-corrected chi connectivity index (χ1v) is 16.8. The molecule has 0 saturated carbocycles. The highest BCUT2D eigenvalue weighted by atomic mass is 16.6. The Bertz CT molecular complexity index is 2160. The maximum absolute atomic E-state index is 12.9. The van der Waals surface area contributed by atoms with Crippen molar-refractivity contribution in [2.24, 2.45) is 0 Å². The molecule has 6 aromatic rings. The van der Waals surface area contributed by atoms with Gasteiger partial charge in [0.25, 0.3) is 0 Å². The van der Waals surface area contributed by atoms with Crippen LogP contribution >= 0.6 is 0 Å². The van der Waals surface area contributed by atoms with Gasteiger partial charge in [-0.1, -0.05) is 103 Å². The zero-order chi connectivity index (χ0) is 35.5. The standard InChI is InChI=1S/C44H42O6/c1-43(2,3)49-38(45)27-47-31-24-25-32(37(26-31)48-28-39(46)50-44(4,5)6)33-22-15-23-36-40(29-16-9-7-10-17-29)34-20-13-14-21-35(34)41(42(33)36)30-18-11-8-12-19-30/h7-26H,27-28H2,1-6H3. The Labute approximate surface area is 293 Å². The summed E-state index contributed by atoms with van der Waals surface area (Å²) in [5.41, 5.74) is 4.78. The van der Waals surface area contributed by atoms with Crippen molar-refractivity contribution >= 4 is 33.5 Å². The second-order valence-electron chi connectivity index (χ2n) is 14.2. The number of benzene rings is 6. The number of fused-ring (bicyclic) bond motifs is 2. The Morgan fingerprint density at radius 3 is 1.58 bits per heavy atom. The van der Waals surface area contributed by atoms with Crippen LogP contribution in [0.3, 0.4) is 0 Å². The normalized spacial score (nSPS) is 11.7. The first-order valence-electron chi connectivity index (χ1n) is 16.8. The molecule has 0 aliphatic heterocycles. The molecule has 0 aromatic heterocycles. The first-order chi connectivity index (χ1) is 23.9. The van der Waals surface area contributed by atoms with Crippen LogP contribution in [-0.2, 0) is 19.1 Å². The average molecular weight is 667 g/mol. The minimum absolute atomic E-state index is 0.277. The van der Waals surface area contributed by atoms with Gasteiger partial charge in [0.05, 0.1) is 0 Å². The molecular weight excluding hydrogens is 624 g/mol. The van der Waals surface area contributed by atoms with E-state index in [-0.39, 0.29) is 13.2 Å². The van der Waals surface area contributed by atoms with Gasteiger partial charge in [-0.25, -0.2) is 9.59 Å². The molecule has 0 saturated heterocycles. The monoisotopic (exact) mass is 666 g/mol. The van der Waals surface area contributed by atoms with E-state index in [2.05, 4.69) is 91.0 Å². The summed E-state index contributed by atoms with van der Waals surface area (Å²) in [7, 11) is 0. The lowest BCUT2D eigenvalue weighted by molar-refractivity contribution is -0.158. The van der Waals surface area contributed by atoms with Gasteiger partial charge in [0, 0.05) is 11.6 Å². The minimum Gasteiger partial charge on any atom is -0.482 e. The van der Waals surface area contributed by atoms with Crippen LogP contribution in [0.4, 0.5) is 0 Å². The molecule has 0 aliphatic carbocycles. The molecule has 0 aliphatic rings. The van der Waals surface area contributed by atoms with Crippen molar-refractivity contribution in [2.75, 3.05) is 13.2 Å². The molecule has 6 rings (SSSR count). The third kappa shape index (κ3) is 7.81. The number of ether oxygens (including phenoxy) is 4. The lowest BCUT2D eigenvalue weighted by Crippen LogP contribution is -2.27. The molecule has 0 bridgehead atoms. The molecule has 0 amide bonds.